The van der Waals surface area contributed by atoms with Gasteiger partial charge in [0.1, 0.15) is 6.61 Å². The van der Waals surface area contributed by atoms with Gasteiger partial charge in [0.25, 0.3) is 27.9 Å². The summed E-state index contributed by atoms with van der Waals surface area (Å²) in [5.74, 6) is -2.61. The molecule has 1 heterocycles. The Balaban J connectivity index is 2.30. The summed E-state index contributed by atoms with van der Waals surface area (Å²) < 4.78 is 0. The largest absolute Gasteiger partial charge is 0.340 e. The number of fused-ring (bicyclic) bond motifs is 1. The number of imide groups is 1. The van der Waals surface area contributed by atoms with Crippen molar-refractivity contribution in [3.63, 3.8) is 0 Å². The molecule has 1 aromatic rings. The summed E-state index contributed by atoms with van der Waals surface area (Å²) in [5.41, 5.74) is -0.879. The molecule has 0 unspecified atom stereocenters. The van der Waals surface area contributed by atoms with Crippen LogP contribution in [0.4, 0.5) is 0 Å². The van der Waals surface area contributed by atoms with Gasteiger partial charge in [0.05, 0.1) is 16.7 Å². The second-order valence-corrected chi connectivity index (χ2v) is 5.41. The zero-order valence-electron chi connectivity index (χ0n) is 14.2. The van der Waals surface area contributed by atoms with Gasteiger partial charge in [0, 0.05) is 19.2 Å². The van der Waals surface area contributed by atoms with E-state index in [2.05, 4.69) is 9.68 Å². The van der Waals surface area contributed by atoms with Crippen molar-refractivity contribution >= 4 is 24.0 Å². The van der Waals surface area contributed by atoms with Crippen LogP contribution in [0.5, 0.6) is 0 Å². The number of rotatable bonds is 9. The van der Waals surface area contributed by atoms with Crippen LogP contribution >= 0.6 is 0 Å². The van der Waals surface area contributed by atoms with Crippen LogP contribution in [0, 0.1) is 20.2 Å². The highest BCUT2D eigenvalue weighted by Gasteiger charge is 2.38. The lowest BCUT2D eigenvalue weighted by molar-refractivity contribution is -0.761. The van der Waals surface area contributed by atoms with Crippen LogP contribution in [0.15, 0.2) is 12.1 Å². The summed E-state index contributed by atoms with van der Waals surface area (Å²) in [6, 6.07) is 2.03. The molecule has 0 spiro atoms. The lowest BCUT2D eigenvalue weighted by atomic mass is 9.99. The van der Waals surface area contributed by atoms with E-state index in [-0.39, 0.29) is 28.8 Å². The number of nitrogens with zero attached hydrogens (tertiary/aromatic N) is 4. The van der Waals surface area contributed by atoms with Crippen LogP contribution in [0.25, 0.3) is 0 Å². The minimum atomic E-state index is -1.18. The van der Waals surface area contributed by atoms with E-state index in [1.54, 1.807) is 0 Å². The third-order valence-electron chi connectivity index (χ3n) is 3.76. The molecular weight excluding hydrogens is 384 g/mol. The minimum absolute atomic E-state index is 0.190. The van der Waals surface area contributed by atoms with E-state index < -0.39 is 41.2 Å². The first kappa shape index (κ1) is 20.2. The fourth-order valence-corrected chi connectivity index (χ4v) is 2.42. The second kappa shape index (κ2) is 8.07. The molecule has 0 N–H and O–H groups in total. The van der Waals surface area contributed by atoms with Crippen LogP contribution in [-0.2, 0) is 9.68 Å². The Morgan fingerprint density at radius 3 is 2.25 bits per heavy atom. The number of carbonyl (C=O) groups excluding carboxylic acids is 4. The maximum Gasteiger partial charge on any atom is 0.296 e. The monoisotopic (exact) mass is 396 g/mol. The highest BCUT2D eigenvalue weighted by molar-refractivity contribution is 6.22. The van der Waals surface area contributed by atoms with E-state index in [1.807, 2.05) is 0 Å². The van der Waals surface area contributed by atoms with E-state index in [9.17, 15) is 39.4 Å². The average Bonchev–Trinajstić information content (AvgIpc) is 2.87. The SMILES string of the molecule is CN(CCO[N+](=O)[O-])C(=O)c1cc2c(cc1C=O)C(=O)N(CO[N+](=O)[O-])C2=O. The molecule has 2 rings (SSSR count). The van der Waals surface area contributed by atoms with Gasteiger partial charge >= 0.3 is 0 Å². The number of benzene rings is 1. The lowest BCUT2D eigenvalue weighted by Gasteiger charge is -2.17. The number of carbonyl (C=O) groups is 4. The van der Waals surface area contributed by atoms with Gasteiger partial charge in [-0.15, -0.1) is 20.2 Å². The van der Waals surface area contributed by atoms with Crippen molar-refractivity contribution in [2.45, 2.75) is 0 Å². The van der Waals surface area contributed by atoms with Gasteiger partial charge in [-0.3, -0.25) is 24.0 Å². The normalized spacial score (nSPS) is 12.4. The zero-order valence-corrected chi connectivity index (χ0v) is 14.2. The Bertz CT molecular complexity index is 883. The standard InChI is InChI=1S/C14H12N4O10/c1-15(2-3-27-17(23)24)12(20)9-5-11-10(4-8(9)6-19)13(21)16(14(11)22)7-28-18(25)26/h4-6H,2-3,7H2,1H3. The molecule has 148 valence electrons. The second-order valence-electron chi connectivity index (χ2n) is 5.41. The van der Waals surface area contributed by atoms with E-state index >= 15 is 0 Å². The first-order valence-electron chi connectivity index (χ1n) is 7.46. The van der Waals surface area contributed by atoms with Crippen molar-refractivity contribution in [3.05, 3.63) is 54.6 Å². The summed E-state index contributed by atoms with van der Waals surface area (Å²) in [7, 11) is 1.29. The molecule has 0 atom stereocenters. The van der Waals surface area contributed by atoms with Gasteiger partial charge in [-0.25, -0.2) is 4.90 Å². The molecule has 0 saturated heterocycles. The molecule has 14 nitrogen and oxygen atoms in total. The maximum atomic E-state index is 12.5. The molecule has 1 aliphatic rings. The fraction of sp³-hybridized carbons (Fsp3) is 0.286. The molecular formula is C14H12N4O10. The van der Waals surface area contributed by atoms with Gasteiger partial charge in [-0.2, -0.15) is 0 Å². The Hall–Kier alpha value is -4.10. The van der Waals surface area contributed by atoms with Gasteiger partial charge in [-0.1, -0.05) is 0 Å². The predicted octanol–water partition coefficient (Wildman–Crippen LogP) is -0.459. The summed E-state index contributed by atoms with van der Waals surface area (Å²) in [6.07, 6.45) is 0.294. The third kappa shape index (κ3) is 4.00. The number of hydrogen-bond donors (Lipinski definition) is 0. The highest BCUT2D eigenvalue weighted by Crippen LogP contribution is 2.26. The first-order valence-corrected chi connectivity index (χ1v) is 7.46. The van der Waals surface area contributed by atoms with Crippen LogP contribution in [0.1, 0.15) is 41.4 Å². The minimum Gasteiger partial charge on any atom is -0.340 e. The average molecular weight is 396 g/mol. The smallest absolute Gasteiger partial charge is 0.296 e. The summed E-state index contributed by atoms with van der Waals surface area (Å²) >= 11 is 0. The molecule has 0 bridgehead atoms. The molecule has 0 aromatic heterocycles. The Kier molecular flexibility index (Phi) is 5.82. The quantitative estimate of drug-likeness (QED) is 0.229. The van der Waals surface area contributed by atoms with Gasteiger partial charge in [-0.05, 0) is 12.1 Å². The summed E-state index contributed by atoms with van der Waals surface area (Å²) in [5, 5.41) is 18.2. The summed E-state index contributed by atoms with van der Waals surface area (Å²) in [6.45, 7) is -1.55. The highest BCUT2D eigenvalue weighted by atomic mass is 17.0. The molecule has 0 aliphatic carbocycles. The fourth-order valence-electron chi connectivity index (χ4n) is 2.42. The van der Waals surface area contributed by atoms with Crippen LogP contribution in [0.3, 0.4) is 0 Å². The van der Waals surface area contributed by atoms with Crippen molar-refractivity contribution in [1.82, 2.24) is 9.80 Å². The maximum absolute atomic E-state index is 12.5. The van der Waals surface area contributed by atoms with Gasteiger partial charge in [0.15, 0.2) is 13.0 Å². The van der Waals surface area contributed by atoms with Crippen molar-refractivity contribution in [2.75, 3.05) is 26.9 Å². The molecule has 14 heteroatoms. The van der Waals surface area contributed by atoms with E-state index in [0.29, 0.717) is 11.2 Å². The molecule has 0 radical (unpaired) electrons. The predicted molar refractivity (Wildman–Crippen MR) is 85.2 cm³/mol. The van der Waals surface area contributed by atoms with Crippen LogP contribution in [0.2, 0.25) is 0 Å². The molecule has 0 saturated carbocycles. The lowest BCUT2D eigenvalue weighted by Crippen LogP contribution is -2.33. The van der Waals surface area contributed by atoms with Gasteiger partial charge in [0.2, 0.25) is 0 Å². The molecule has 0 fully saturated rings. The Morgan fingerprint density at radius 2 is 1.71 bits per heavy atom. The van der Waals surface area contributed by atoms with Gasteiger partial charge < -0.3 is 9.74 Å². The number of amides is 3. The molecule has 1 aromatic carbocycles. The van der Waals surface area contributed by atoms with E-state index in [1.165, 1.54) is 7.05 Å². The number of hydrogen-bond acceptors (Lipinski definition) is 10. The molecule has 28 heavy (non-hydrogen) atoms. The number of likely N-dealkylation sites (N-methyl/N-ethyl adjacent to an activating group) is 1. The van der Waals surface area contributed by atoms with E-state index in [4.69, 9.17) is 0 Å². The first-order chi connectivity index (χ1) is 13.2. The van der Waals surface area contributed by atoms with Crippen molar-refractivity contribution in [1.29, 1.82) is 0 Å². The van der Waals surface area contributed by atoms with Crippen molar-refractivity contribution in [2.24, 2.45) is 0 Å². The molecule has 3 amide bonds. The molecule has 1 aliphatic heterocycles. The van der Waals surface area contributed by atoms with Crippen molar-refractivity contribution < 1.29 is 39.0 Å². The third-order valence-corrected chi connectivity index (χ3v) is 3.76. The summed E-state index contributed by atoms with van der Waals surface area (Å²) in [4.78, 5) is 78.4. The van der Waals surface area contributed by atoms with E-state index in [0.717, 1.165) is 17.0 Å². The number of aldehydes is 1. The Morgan fingerprint density at radius 1 is 1.14 bits per heavy atom. The topological polar surface area (TPSA) is 180 Å². The Labute approximate surface area is 155 Å². The van der Waals surface area contributed by atoms with Crippen molar-refractivity contribution in [3.8, 4) is 0 Å². The zero-order chi connectivity index (χ0) is 21.0. The van der Waals surface area contributed by atoms with Crippen LogP contribution in [-0.4, -0.2) is 70.9 Å². The van der Waals surface area contributed by atoms with Crippen LogP contribution < -0.4 is 0 Å².